The molecule has 1 aromatic carbocycles. The molecule has 1 unspecified atom stereocenters. The Labute approximate surface area is 95.9 Å². The Hall–Kier alpha value is -0.963. The third kappa shape index (κ3) is 2.34. The molecule has 0 amide bonds. The van der Waals surface area contributed by atoms with Crippen molar-refractivity contribution in [3.8, 4) is 0 Å². The van der Waals surface area contributed by atoms with Crippen LogP contribution in [0, 0.1) is 0 Å². The lowest BCUT2D eigenvalue weighted by Gasteiger charge is -2.20. The lowest BCUT2D eigenvalue weighted by molar-refractivity contribution is 0.739. The molecule has 15 heavy (non-hydrogen) atoms. The molecule has 0 spiro atoms. The van der Waals surface area contributed by atoms with Crippen LogP contribution in [-0.4, -0.2) is 24.3 Å². The summed E-state index contributed by atoms with van der Waals surface area (Å²) in [6.07, 6.45) is 1.14. The predicted octanol–water partition coefficient (Wildman–Crippen LogP) is 2.08. The van der Waals surface area contributed by atoms with Gasteiger partial charge in [0.1, 0.15) is 0 Å². The minimum absolute atomic E-state index is 0.549. The van der Waals surface area contributed by atoms with Gasteiger partial charge in [-0.25, -0.2) is 0 Å². The average Bonchev–Trinajstić information content (AvgIpc) is 2.27. The summed E-state index contributed by atoms with van der Waals surface area (Å²) in [5.74, 6) is 0.549. The summed E-state index contributed by atoms with van der Waals surface area (Å²) in [5.41, 5.74) is 3.69. The number of benzene rings is 1. The van der Waals surface area contributed by atoms with Gasteiger partial charge in [0, 0.05) is 14.1 Å². The van der Waals surface area contributed by atoms with Crippen molar-refractivity contribution < 1.29 is 0 Å². The molecule has 81 valence electrons. The van der Waals surface area contributed by atoms with Crippen molar-refractivity contribution in [2.75, 3.05) is 24.7 Å². The molecule has 2 nitrogen and oxygen atoms in total. The topological polar surface area (TPSA) is 24.1 Å². The summed E-state index contributed by atoms with van der Waals surface area (Å²) >= 11 is 0. The molecule has 0 bridgehead atoms. The highest BCUT2D eigenvalue weighted by molar-refractivity contribution is 6.34. The van der Waals surface area contributed by atoms with Gasteiger partial charge in [0.15, 0.2) is 0 Å². The number of hydrogen-bond donors (Lipinski definition) is 2. The van der Waals surface area contributed by atoms with Crippen LogP contribution in [-0.2, 0) is 0 Å². The van der Waals surface area contributed by atoms with Crippen molar-refractivity contribution in [2.24, 2.45) is 0 Å². The molecule has 3 radical (unpaired) electrons. The van der Waals surface area contributed by atoms with Gasteiger partial charge in [-0.2, -0.15) is 0 Å². The van der Waals surface area contributed by atoms with Gasteiger partial charge >= 0.3 is 0 Å². The largest absolute Gasteiger partial charge is 0.386 e. The van der Waals surface area contributed by atoms with E-state index in [1.165, 1.54) is 16.4 Å². The predicted molar refractivity (Wildman–Crippen MR) is 69.6 cm³/mol. The molecule has 0 fully saturated rings. The van der Waals surface area contributed by atoms with Gasteiger partial charge in [-0.1, -0.05) is 25.1 Å². The number of anilines is 2. The van der Waals surface area contributed by atoms with Crippen LogP contribution >= 0.6 is 0 Å². The van der Waals surface area contributed by atoms with E-state index in [-0.39, 0.29) is 0 Å². The Balaban J connectivity index is 3.31. The molecule has 0 aromatic heterocycles. The second-order valence-corrected chi connectivity index (χ2v) is 4.30. The fourth-order valence-corrected chi connectivity index (χ4v) is 2.27. The number of nitrogens with one attached hydrogen (secondary N) is 2. The molecule has 2 N–H and O–H groups in total. The van der Waals surface area contributed by atoms with E-state index in [1.54, 1.807) is 0 Å². The minimum Gasteiger partial charge on any atom is -0.386 e. The third-order valence-electron chi connectivity index (χ3n) is 2.87. The maximum Gasteiger partial charge on any atom is 0.0716 e. The third-order valence-corrected chi connectivity index (χ3v) is 3.31. The van der Waals surface area contributed by atoms with Gasteiger partial charge in [0.2, 0.25) is 0 Å². The van der Waals surface area contributed by atoms with Crippen LogP contribution in [0.15, 0.2) is 12.1 Å². The molecule has 1 aromatic rings. The molecule has 0 saturated carbocycles. The first-order valence-corrected chi connectivity index (χ1v) is 5.89. The molecule has 0 aliphatic heterocycles. The summed E-state index contributed by atoms with van der Waals surface area (Å²) in [4.78, 5) is 0. The van der Waals surface area contributed by atoms with Crippen molar-refractivity contribution in [3.05, 3.63) is 17.7 Å². The van der Waals surface area contributed by atoms with Crippen molar-refractivity contribution >= 4 is 26.8 Å². The van der Waals surface area contributed by atoms with Crippen LogP contribution in [0.4, 0.5) is 11.4 Å². The molecule has 0 aliphatic rings. The first kappa shape index (κ1) is 12.1. The quantitative estimate of drug-likeness (QED) is 0.758. The van der Waals surface area contributed by atoms with E-state index in [2.05, 4.69) is 46.9 Å². The van der Waals surface area contributed by atoms with Crippen LogP contribution in [0.3, 0.4) is 0 Å². The lowest BCUT2D eigenvalue weighted by atomic mass is 9.95. The SMILES string of the molecule is CCC(C)c1c([Si])ccc(NC)c1NC. The monoisotopic (exact) mass is 219 g/mol. The van der Waals surface area contributed by atoms with Crippen molar-refractivity contribution in [2.45, 2.75) is 26.2 Å². The van der Waals surface area contributed by atoms with Crippen molar-refractivity contribution in [3.63, 3.8) is 0 Å². The zero-order valence-corrected chi connectivity index (χ0v) is 10.9. The first-order chi connectivity index (χ1) is 7.15. The highest BCUT2D eigenvalue weighted by Crippen LogP contribution is 2.30. The summed E-state index contributed by atoms with van der Waals surface area (Å²) in [5, 5.41) is 7.66. The maximum atomic E-state index is 3.68. The van der Waals surface area contributed by atoms with E-state index in [0.717, 1.165) is 12.1 Å². The Bertz CT molecular complexity index is 337. The summed E-state index contributed by atoms with van der Waals surface area (Å²) in [7, 11) is 7.59. The summed E-state index contributed by atoms with van der Waals surface area (Å²) in [6, 6.07) is 4.19. The van der Waals surface area contributed by atoms with Gasteiger partial charge in [-0.15, -0.1) is 0 Å². The zero-order valence-electron chi connectivity index (χ0n) is 9.94. The van der Waals surface area contributed by atoms with E-state index < -0.39 is 0 Å². The van der Waals surface area contributed by atoms with Crippen LogP contribution in [0.25, 0.3) is 0 Å². The molecule has 0 heterocycles. The van der Waals surface area contributed by atoms with E-state index >= 15 is 0 Å². The van der Waals surface area contributed by atoms with E-state index in [9.17, 15) is 0 Å². The van der Waals surface area contributed by atoms with Crippen LogP contribution in [0.2, 0.25) is 0 Å². The molecule has 0 saturated heterocycles. The first-order valence-electron chi connectivity index (χ1n) is 5.39. The van der Waals surface area contributed by atoms with E-state index in [1.807, 2.05) is 14.1 Å². The van der Waals surface area contributed by atoms with Crippen molar-refractivity contribution in [1.29, 1.82) is 0 Å². The molecule has 1 atom stereocenters. The molecule has 0 aliphatic carbocycles. The van der Waals surface area contributed by atoms with Gasteiger partial charge in [0.05, 0.1) is 21.6 Å². The van der Waals surface area contributed by atoms with E-state index in [0.29, 0.717) is 5.92 Å². The smallest absolute Gasteiger partial charge is 0.0716 e. The highest BCUT2D eigenvalue weighted by Gasteiger charge is 2.13. The summed E-state index contributed by atoms with van der Waals surface area (Å²) in [6.45, 7) is 4.46. The van der Waals surface area contributed by atoms with Crippen LogP contribution in [0.1, 0.15) is 31.7 Å². The van der Waals surface area contributed by atoms with Crippen LogP contribution in [0.5, 0.6) is 0 Å². The van der Waals surface area contributed by atoms with Crippen molar-refractivity contribution in [1.82, 2.24) is 0 Å². The molecule has 1 rings (SSSR count). The lowest BCUT2D eigenvalue weighted by Crippen LogP contribution is -2.16. The fourth-order valence-electron chi connectivity index (χ4n) is 1.81. The number of hydrogen-bond acceptors (Lipinski definition) is 2. The highest BCUT2D eigenvalue weighted by atomic mass is 28.1. The number of rotatable bonds is 4. The second-order valence-electron chi connectivity index (χ2n) is 3.76. The fraction of sp³-hybridized carbons (Fsp3) is 0.500. The second kappa shape index (κ2) is 5.21. The normalized spacial score (nSPS) is 12.3. The Morgan fingerprint density at radius 1 is 1.27 bits per heavy atom. The summed E-state index contributed by atoms with van der Waals surface area (Å²) < 4.78 is 0. The molecule has 3 heteroatoms. The van der Waals surface area contributed by atoms with Gasteiger partial charge in [-0.3, -0.25) is 0 Å². The minimum atomic E-state index is 0.549. The van der Waals surface area contributed by atoms with Gasteiger partial charge in [-0.05, 0) is 24.0 Å². The molecular formula is C12H19N2Si. The van der Waals surface area contributed by atoms with E-state index in [4.69, 9.17) is 0 Å². The average molecular weight is 219 g/mol. The standard InChI is InChI=1S/C12H19N2Si/c1-5-8(2)11-10(15)7-6-9(13-3)12(11)14-4/h6-8,13-14H,5H2,1-4H3. The van der Waals surface area contributed by atoms with Crippen LogP contribution < -0.4 is 15.8 Å². The Kier molecular flexibility index (Phi) is 4.21. The maximum absolute atomic E-state index is 3.68. The Morgan fingerprint density at radius 3 is 2.40 bits per heavy atom. The zero-order chi connectivity index (χ0) is 11.4. The Morgan fingerprint density at radius 2 is 1.93 bits per heavy atom. The molecular weight excluding hydrogens is 200 g/mol. The van der Waals surface area contributed by atoms with Gasteiger partial charge in [0.25, 0.3) is 0 Å². The van der Waals surface area contributed by atoms with Gasteiger partial charge < -0.3 is 10.6 Å².